The number of hydrogen-bond donors (Lipinski definition) is 2. The smallest absolute Gasteiger partial charge is 0.389 e. The molecule has 2 aromatic heterocycles. The van der Waals surface area contributed by atoms with Crippen LogP contribution in [0, 0.1) is 0 Å². The first-order valence-corrected chi connectivity index (χ1v) is 7.88. The van der Waals surface area contributed by atoms with Crippen molar-refractivity contribution in [2.24, 2.45) is 0 Å². The maximum absolute atomic E-state index is 12.6. The van der Waals surface area contributed by atoms with Gasteiger partial charge in [0.25, 0.3) is 5.91 Å². The topological polar surface area (TPSA) is 91.2 Å². The zero-order valence-corrected chi connectivity index (χ0v) is 13.5. The van der Waals surface area contributed by atoms with E-state index in [1.807, 2.05) is 0 Å². The van der Waals surface area contributed by atoms with Crippen LogP contribution in [-0.2, 0) is 6.18 Å². The van der Waals surface area contributed by atoms with Crippen LogP contribution in [0.3, 0.4) is 0 Å². The van der Waals surface area contributed by atoms with Gasteiger partial charge in [-0.2, -0.15) is 13.2 Å². The number of aliphatic hydroxyl groups is 1. The lowest BCUT2D eigenvalue weighted by Gasteiger charge is -2.36. The molecule has 0 aliphatic carbocycles. The average molecular weight is 367 g/mol. The Bertz CT molecular complexity index is 755. The van der Waals surface area contributed by atoms with Gasteiger partial charge >= 0.3 is 6.18 Å². The summed E-state index contributed by atoms with van der Waals surface area (Å²) in [6, 6.07) is 1.74. The third-order valence-corrected chi connectivity index (χ3v) is 4.09. The molecule has 0 bridgehead atoms. The van der Waals surface area contributed by atoms with Crippen molar-refractivity contribution >= 4 is 11.7 Å². The molecule has 0 aromatic carbocycles. The molecule has 2 N–H and O–H groups in total. The highest BCUT2D eigenvalue weighted by Crippen LogP contribution is 2.29. The van der Waals surface area contributed by atoms with Crippen LogP contribution in [-0.4, -0.2) is 51.2 Å². The van der Waals surface area contributed by atoms with E-state index in [9.17, 15) is 23.1 Å². The predicted octanol–water partition coefficient (Wildman–Crippen LogP) is 1.26. The third kappa shape index (κ3) is 4.07. The molecule has 2 aromatic rings. The summed E-state index contributed by atoms with van der Waals surface area (Å²) in [6.45, 7) is 0.574. The number of carbonyl (C=O) groups is 1. The van der Waals surface area contributed by atoms with Crippen LogP contribution in [0.5, 0.6) is 0 Å². The van der Waals surface area contributed by atoms with E-state index in [0.717, 1.165) is 12.3 Å². The quantitative estimate of drug-likeness (QED) is 0.849. The minimum Gasteiger partial charge on any atom is -0.389 e. The van der Waals surface area contributed by atoms with Crippen molar-refractivity contribution in [1.29, 1.82) is 0 Å². The lowest BCUT2D eigenvalue weighted by Crippen LogP contribution is -2.54. The van der Waals surface area contributed by atoms with Crippen LogP contribution in [0.4, 0.5) is 19.0 Å². The zero-order chi connectivity index (χ0) is 18.7. The number of aromatic nitrogens is 3. The van der Waals surface area contributed by atoms with Crippen LogP contribution in [0.1, 0.15) is 22.5 Å². The second kappa shape index (κ2) is 7.24. The van der Waals surface area contributed by atoms with E-state index in [1.54, 1.807) is 4.90 Å². The molecule has 3 rings (SSSR count). The summed E-state index contributed by atoms with van der Waals surface area (Å²) in [5, 5.41) is 13.0. The van der Waals surface area contributed by atoms with Crippen LogP contribution in [0.25, 0.3) is 0 Å². The van der Waals surface area contributed by atoms with Crippen LogP contribution >= 0.6 is 0 Å². The van der Waals surface area contributed by atoms with Crippen molar-refractivity contribution in [3.8, 4) is 0 Å². The summed E-state index contributed by atoms with van der Waals surface area (Å²) in [5.41, 5.74) is -0.681. The Balaban J connectivity index is 1.60. The number of amides is 1. The largest absolute Gasteiger partial charge is 0.417 e. The van der Waals surface area contributed by atoms with Gasteiger partial charge in [-0.25, -0.2) is 9.97 Å². The van der Waals surface area contributed by atoms with E-state index < -0.39 is 29.8 Å². The molecule has 1 amide bonds. The number of rotatable bonds is 3. The van der Waals surface area contributed by atoms with Crippen molar-refractivity contribution in [3.05, 3.63) is 48.2 Å². The number of halogens is 3. The predicted molar refractivity (Wildman–Crippen MR) is 85.4 cm³/mol. The number of nitrogens with one attached hydrogen (secondary N) is 1. The SMILES string of the molecule is O=C(N[C@@H]1CCN(c2ccc(C(F)(F)F)cn2)C[C@H]1O)c1cnccn1. The van der Waals surface area contributed by atoms with E-state index in [0.29, 0.717) is 18.8 Å². The van der Waals surface area contributed by atoms with Crippen LogP contribution < -0.4 is 10.2 Å². The molecule has 0 spiro atoms. The Morgan fingerprint density at radius 2 is 2.04 bits per heavy atom. The molecule has 1 aliphatic rings. The summed E-state index contributed by atoms with van der Waals surface area (Å²) < 4.78 is 37.8. The van der Waals surface area contributed by atoms with Gasteiger partial charge in [0, 0.05) is 31.7 Å². The second-order valence-electron chi connectivity index (χ2n) is 5.88. The summed E-state index contributed by atoms with van der Waals surface area (Å²) >= 11 is 0. The number of aliphatic hydroxyl groups excluding tert-OH is 1. The lowest BCUT2D eigenvalue weighted by molar-refractivity contribution is -0.137. The molecule has 7 nitrogen and oxygen atoms in total. The molecule has 3 heterocycles. The number of pyridine rings is 1. The highest BCUT2D eigenvalue weighted by Gasteiger charge is 2.32. The van der Waals surface area contributed by atoms with Crippen LogP contribution in [0.2, 0.25) is 0 Å². The fraction of sp³-hybridized carbons (Fsp3) is 0.375. The number of alkyl halides is 3. The van der Waals surface area contributed by atoms with Crippen LogP contribution in [0.15, 0.2) is 36.9 Å². The summed E-state index contributed by atoms with van der Waals surface area (Å²) in [4.78, 5) is 25.3. The van der Waals surface area contributed by atoms with E-state index >= 15 is 0 Å². The maximum Gasteiger partial charge on any atom is 0.417 e. The van der Waals surface area contributed by atoms with Gasteiger partial charge in [0.1, 0.15) is 11.5 Å². The van der Waals surface area contributed by atoms with Gasteiger partial charge in [0.05, 0.1) is 23.9 Å². The second-order valence-corrected chi connectivity index (χ2v) is 5.88. The van der Waals surface area contributed by atoms with Gasteiger partial charge in [-0.3, -0.25) is 9.78 Å². The Hall–Kier alpha value is -2.75. The number of carbonyl (C=O) groups excluding carboxylic acids is 1. The molecule has 138 valence electrons. The van der Waals surface area contributed by atoms with Gasteiger partial charge in [0.15, 0.2) is 0 Å². The van der Waals surface area contributed by atoms with Crippen molar-refractivity contribution in [2.45, 2.75) is 24.7 Å². The Labute approximate surface area is 146 Å². The first-order valence-electron chi connectivity index (χ1n) is 7.88. The molecule has 26 heavy (non-hydrogen) atoms. The molecule has 2 atom stereocenters. The van der Waals surface area contributed by atoms with Crippen molar-refractivity contribution in [2.75, 3.05) is 18.0 Å². The Kier molecular flexibility index (Phi) is 5.03. The molecule has 1 fully saturated rings. The zero-order valence-electron chi connectivity index (χ0n) is 13.5. The van der Waals surface area contributed by atoms with Crippen molar-refractivity contribution < 1.29 is 23.1 Å². The standard InChI is InChI=1S/C16H16F3N5O2/c17-16(18,19)10-1-2-14(22-7-10)24-6-3-11(13(25)9-24)23-15(26)12-8-20-4-5-21-12/h1-2,4-5,7-8,11,13,25H,3,6,9H2,(H,23,26)/t11-,13-/m1/s1. The first kappa shape index (κ1) is 18.1. The van der Waals surface area contributed by atoms with E-state index in [1.165, 1.54) is 24.7 Å². The summed E-state index contributed by atoms with van der Waals surface area (Å²) in [7, 11) is 0. The number of nitrogens with zero attached hydrogens (tertiary/aromatic N) is 4. The molecular weight excluding hydrogens is 351 g/mol. The number of piperidine rings is 1. The highest BCUT2D eigenvalue weighted by atomic mass is 19.4. The molecule has 10 heteroatoms. The van der Waals surface area contributed by atoms with Gasteiger partial charge < -0.3 is 15.3 Å². The van der Waals surface area contributed by atoms with Gasteiger partial charge in [-0.1, -0.05) is 0 Å². The maximum atomic E-state index is 12.6. The molecule has 1 aliphatic heterocycles. The monoisotopic (exact) mass is 367 g/mol. The van der Waals surface area contributed by atoms with E-state index in [-0.39, 0.29) is 12.2 Å². The number of hydrogen-bond acceptors (Lipinski definition) is 6. The fourth-order valence-corrected chi connectivity index (χ4v) is 2.71. The van der Waals surface area contributed by atoms with Crippen molar-refractivity contribution in [3.63, 3.8) is 0 Å². The lowest BCUT2D eigenvalue weighted by atomic mass is 10.0. The van der Waals surface area contributed by atoms with E-state index in [2.05, 4.69) is 20.3 Å². The average Bonchev–Trinajstić information content (AvgIpc) is 2.63. The minimum atomic E-state index is -4.44. The third-order valence-electron chi connectivity index (χ3n) is 4.09. The first-order chi connectivity index (χ1) is 12.3. The molecular formula is C16H16F3N5O2. The summed E-state index contributed by atoms with van der Waals surface area (Å²) in [6.07, 6.45) is 0.00440. The fourth-order valence-electron chi connectivity index (χ4n) is 2.71. The molecule has 0 saturated carbocycles. The Morgan fingerprint density at radius 1 is 1.23 bits per heavy atom. The van der Waals surface area contributed by atoms with Gasteiger partial charge in [0.2, 0.25) is 0 Å². The highest BCUT2D eigenvalue weighted by molar-refractivity contribution is 5.92. The molecule has 1 saturated heterocycles. The van der Waals surface area contributed by atoms with E-state index in [4.69, 9.17) is 0 Å². The minimum absolute atomic E-state index is 0.143. The number of β-amino-alcohol motifs (C(OH)–C–C–N with tert-alkyl or cyclic N) is 1. The van der Waals surface area contributed by atoms with Crippen molar-refractivity contribution in [1.82, 2.24) is 20.3 Å². The summed E-state index contributed by atoms with van der Waals surface area (Å²) in [5.74, 6) is -0.0981. The molecule has 0 radical (unpaired) electrons. The van der Waals surface area contributed by atoms with Gasteiger partial charge in [-0.05, 0) is 18.6 Å². The normalized spacial score (nSPS) is 20.7. The molecule has 0 unspecified atom stereocenters. The van der Waals surface area contributed by atoms with Gasteiger partial charge in [-0.15, -0.1) is 0 Å². The Morgan fingerprint density at radius 3 is 2.62 bits per heavy atom. The number of anilines is 1.